The number of hydrogen-bond donors (Lipinski definition) is 3. The van der Waals surface area contributed by atoms with Crippen LogP contribution < -0.4 is 16.0 Å². The molecule has 1 fully saturated rings. The molecule has 0 radical (unpaired) electrons. The van der Waals surface area contributed by atoms with E-state index in [1.54, 1.807) is 4.90 Å². The van der Waals surface area contributed by atoms with Gasteiger partial charge in [0.05, 0.1) is 0 Å². The zero-order chi connectivity index (χ0) is 20.4. The Morgan fingerprint density at radius 2 is 1.93 bits per heavy atom. The molecule has 2 aliphatic rings. The third-order valence-electron chi connectivity index (χ3n) is 5.52. The molecule has 4 rings (SSSR count). The van der Waals surface area contributed by atoms with E-state index in [9.17, 15) is 14.4 Å². The highest BCUT2D eigenvalue weighted by atomic mass is 16.2. The maximum Gasteiger partial charge on any atom is 0.255 e. The number of nitrogens with zero attached hydrogens (tertiary/aromatic N) is 1. The van der Waals surface area contributed by atoms with Crippen molar-refractivity contribution in [2.45, 2.75) is 38.5 Å². The van der Waals surface area contributed by atoms with Gasteiger partial charge in [0, 0.05) is 44.4 Å². The van der Waals surface area contributed by atoms with E-state index in [2.05, 4.69) is 22.0 Å². The van der Waals surface area contributed by atoms with E-state index in [4.69, 9.17) is 0 Å². The third kappa shape index (κ3) is 3.86. The van der Waals surface area contributed by atoms with Crippen LogP contribution in [0.15, 0.2) is 42.5 Å². The highest BCUT2D eigenvalue weighted by molar-refractivity contribution is 6.05. The van der Waals surface area contributed by atoms with Gasteiger partial charge in [-0.25, -0.2) is 0 Å². The van der Waals surface area contributed by atoms with Crippen LogP contribution in [0.1, 0.15) is 39.9 Å². The average molecular weight is 392 g/mol. The van der Waals surface area contributed by atoms with Gasteiger partial charge >= 0.3 is 0 Å². The SMILES string of the molecule is CNc1ccccc1CNCc1ccc2c(c1)CN(C1CCC(=O)NC1=O)C2=O. The first-order valence-electron chi connectivity index (χ1n) is 9.79. The van der Waals surface area contributed by atoms with Crippen molar-refractivity contribution < 1.29 is 14.4 Å². The molecule has 1 unspecified atom stereocenters. The van der Waals surface area contributed by atoms with Gasteiger partial charge in [0.15, 0.2) is 0 Å². The molecule has 2 aliphatic heterocycles. The lowest BCUT2D eigenvalue weighted by molar-refractivity contribution is -0.136. The quantitative estimate of drug-likeness (QED) is 0.652. The van der Waals surface area contributed by atoms with Crippen molar-refractivity contribution in [1.82, 2.24) is 15.5 Å². The Balaban J connectivity index is 1.41. The van der Waals surface area contributed by atoms with Crippen molar-refractivity contribution in [2.75, 3.05) is 12.4 Å². The second-order valence-electron chi connectivity index (χ2n) is 7.40. The number of carbonyl (C=O) groups excluding carboxylic acids is 3. The third-order valence-corrected chi connectivity index (χ3v) is 5.52. The Morgan fingerprint density at radius 1 is 1.10 bits per heavy atom. The van der Waals surface area contributed by atoms with Crippen molar-refractivity contribution in [3.63, 3.8) is 0 Å². The minimum Gasteiger partial charge on any atom is -0.388 e. The number of rotatable bonds is 6. The summed E-state index contributed by atoms with van der Waals surface area (Å²) in [4.78, 5) is 37.8. The molecule has 0 spiro atoms. The largest absolute Gasteiger partial charge is 0.388 e. The summed E-state index contributed by atoms with van der Waals surface area (Å²) < 4.78 is 0. The molecule has 0 saturated carbocycles. The molecule has 1 saturated heterocycles. The molecule has 7 nitrogen and oxygen atoms in total. The predicted octanol–water partition coefficient (Wildman–Crippen LogP) is 1.78. The number of nitrogens with one attached hydrogen (secondary N) is 3. The van der Waals surface area contributed by atoms with E-state index in [-0.39, 0.29) is 24.1 Å². The average Bonchev–Trinajstić information content (AvgIpc) is 3.04. The number of hydrogen-bond acceptors (Lipinski definition) is 5. The van der Waals surface area contributed by atoms with Gasteiger partial charge in [0.2, 0.25) is 11.8 Å². The molecule has 7 heteroatoms. The van der Waals surface area contributed by atoms with Crippen molar-refractivity contribution in [3.8, 4) is 0 Å². The van der Waals surface area contributed by atoms with Gasteiger partial charge in [0.1, 0.15) is 6.04 Å². The summed E-state index contributed by atoms with van der Waals surface area (Å²) in [6.45, 7) is 1.81. The van der Waals surface area contributed by atoms with E-state index < -0.39 is 6.04 Å². The number of benzene rings is 2. The van der Waals surface area contributed by atoms with Crippen molar-refractivity contribution in [1.29, 1.82) is 0 Å². The Hall–Kier alpha value is -3.19. The lowest BCUT2D eigenvalue weighted by atomic mass is 10.0. The highest BCUT2D eigenvalue weighted by Crippen LogP contribution is 2.28. The summed E-state index contributed by atoms with van der Waals surface area (Å²) >= 11 is 0. The summed E-state index contributed by atoms with van der Waals surface area (Å²) in [5.41, 5.74) is 4.94. The lowest BCUT2D eigenvalue weighted by Gasteiger charge is -2.29. The van der Waals surface area contributed by atoms with Gasteiger partial charge in [-0.2, -0.15) is 0 Å². The molecule has 3 amide bonds. The molecule has 3 N–H and O–H groups in total. The van der Waals surface area contributed by atoms with Gasteiger partial charge < -0.3 is 15.5 Å². The summed E-state index contributed by atoms with van der Waals surface area (Å²) in [7, 11) is 1.91. The van der Waals surface area contributed by atoms with E-state index in [1.165, 1.54) is 5.56 Å². The molecule has 0 aromatic heterocycles. The minimum absolute atomic E-state index is 0.142. The molecule has 1 atom stereocenters. The second kappa shape index (κ2) is 8.05. The monoisotopic (exact) mass is 392 g/mol. The summed E-state index contributed by atoms with van der Waals surface area (Å²) in [6, 6.07) is 13.4. The summed E-state index contributed by atoms with van der Waals surface area (Å²) in [5, 5.41) is 8.96. The topological polar surface area (TPSA) is 90.5 Å². The normalized spacial score (nSPS) is 18.6. The standard InChI is InChI=1S/C22H24N4O3/c1-23-18-5-3-2-4-15(18)12-24-11-14-6-7-17-16(10-14)13-26(22(17)29)19-8-9-20(27)25-21(19)28/h2-7,10,19,23-24H,8-9,11-13H2,1H3,(H,25,27,28). The van der Waals surface area contributed by atoms with Crippen LogP contribution in [-0.2, 0) is 29.2 Å². The Bertz CT molecular complexity index is 972. The Kier molecular flexibility index (Phi) is 5.31. The van der Waals surface area contributed by atoms with Gasteiger partial charge in [-0.05, 0) is 35.2 Å². The van der Waals surface area contributed by atoms with Crippen LogP contribution in [0, 0.1) is 0 Å². The van der Waals surface area contributed by atoms with E-state index in [1.807, 2.05) is 43.4 Å². The number of anilines is 1. The molecule has 2 aromatic rings. The Morgan fingerprint density at radius 3 is 2.72 bits per heavy atom. The zero-order valence-corrected chi connectivity index (χ0v) is 16.3. The fourth-order valence-electron chi connectivity index (χ4n) is 4.00. The van der Waals surface area contributed by atoms with Crippen molar-refractivity contribution in [3.05, 3.63) is 64.7 Å². The van der Waals surface area contributed by atoms with Crippen LogP contribution in [0.4, 0.5) is 5.69 Å². The van der Waals surface area contributed by atoms with Crippen molar-refractivity contribution >= 4 is 23.4 Å². The van der Waals surface area contributed by atoms with E-state index in [0.29, 0.717) is 25.1 Å². The number of para-hydroxylation sites is 1. The predicted molar refractivity (Wildman–Crippen MR) is 109 cm³/mol. The van der Waals surface area contributed by atoms with Crippen LogP contribution >= 0.6 is 0 Å². The molecule has 150 valence electrons. The minimum atomic E-state index is -0.577. The van der Waals surface area contributed by atoms with Crippen LogP contribution in [0.25, 0.3) is 0 Å². The molecule has 2 aromatic carbocycles. The van der Waals surface area contributed by atoms with Gasteiger partial charge in [-0.3, -0.25) is 19.7 Å². The number of fused-ring (bicyclic) bond motifs is 1. The van der Waals surface area contributed by atoms with E-state index >= 15 is 0 Å². The molecule has 0 bridgehead atoms. The first-order chi connectivity index (χ1) is 14.1. The maximum absolute atomic E-state index is 12.7. The fraction of sp³-hybridized carbons (Fsp3) is 0.318. The zero-order valence-electron chi connectivity index (χ0n) is 16.3. The molecular weight excluding hydrogens is 368 g/mol. The fourth-order valence-corrected chi connectivity index (χ4v) is 4.00. The molecule has 2 heterocycles. The number of amides is 3. The number of piperidine rings is 1. The second-order valence-corrected chi connectivity index (χ2v) is 7.40. The van der Waals surface area contributed by atoms with Crippen molar-refractivity contribution in [2.24, 2.45) is 0 Å². The Labute approximate surface area is 169 Å². The van der Waals surface area contributed by atoms with Gasteiger partial charge in [-0.1, -0.05) is 30.3 Å². The maximum atomic E-state index is 12.7. The smallest absolute Gasteiger partial charge is 0.255 e. The number of carbonyl (C=O) groups is 3. The molecular formula is C22H24N4O3. The molecule has 29 heavy (non-hydrogen) atoms. The van der Waals surface area contributed by atoms with Crippen LogP contribution in [0.2, 0.25) is 0 Å². The highest BCUT2D eigenvalue weighted by Gasteiger charge is 2.38. The van der Waals surface area contributed by atoms with Gasteiger partial charge in [-0.15, -0.1) is 0 Å². The van der Waals surface area contributed by atoms with E-state index in [0.717, 1.165) is 23.4 Å². The molecule has 0 aliphatic carbocycles. The van der Waals surface area contributed by atoms with Gasteiger partial charge in [0.25, 0.3) is 5.91 Å². The van der Waals surface area contributed by atoms with Crippen LogP contribution in [0.5, 0.6) is 0 Å². The lowest BCUT2D eigenvalue weighted by Crippen LogP contribution is -2.52. The summed E-state index contributed by atoms with van der Waals surface area (Å²) in [5.74, 6) is -0.798. The first kappa shape index (κ1) is 19.1. The van der Waals surface area contributed by atoms with Crippen LogP contribution in [-0.4, -0.2) is 35.7 Å². The number of imide groups is 1. The summed E-state index contributed by atoms with van der Waals surface area (Å²) in [6.07, 6.45) is 0.642. The van der Waals surface area contributed by atoms with Crippen LogP contribution in [0.3, 0.4) is 0 Å². The first-order valence-corrected chi connectivity index (χ1v) is 9.79.